The van der Waals surface area contributed by atoms with Crippen molar-refractivity contribution in [1.29, 1.82) is 0 Å². The van der Waals surface area contributed by atoms with Gasteiger partial charge in [0.25, 0.3) is 0 Å². The number of ether oxygens (including phenoxy) is 2. The zero-order valence-electron chi connectivity index (χ0n) is 18.4. The maximum Gasteiger partial charge on any atom is 0.191 e. The average Bonchev–Trinajstić information content (AvgIpc) is 3.46. The van der Waals surface area contributed by atoms with E-state index in [-0.39, 0.29) is 24.0 Å². The van der Waals surface area contributed by atoms with Crippen LogP contribution in [-0.2, 0) is 9.47 Å². The monoisotopic (exact) mass is 530 g/mol. The van der Waals surface area contributed by atoms with Gasteiger partial charge in [0.15, 0.2) is 5.96 Å². The Morgan fingerprint density at radius 3 is 2.73 bits per heavy atom. The van der Waals surface area contributed by atoms with E-state index in [0.29, 0.717) is 12.0 Å². The fourth-order valence-corrected chi connectivity index (χ4v) is 4.03. The quantitative estimate of drug-likeness (QED) is 0.199. The molecule has 0 spiro atoms. The van der Waals surface area contributed by atoms with Crippen LogP contribution in [0, 0.1) is 5.92 Å². The first kappa shape index (κ1) is 25.4. The molecule has 3 rings (SSSR count). The van der Waals surface area contributed by atoms with Gasteiger partial charge in [-0.15, -0.1) is 24.0 Å². The predicted molar refractivity (Wildman–Crippen MR) is 134 cm³/mol. The Kier molecular flexibility index (Phi) is 12.7. The van der Waals surface area contributed by atoms with E-state index in [1.807, 2.05) is 0 Å². The first-order chi connectivity index (χ1) is 14.4. The number of likely N-dealkylation sites (tertiary alicyclic amines) is 1. The summed E-state index contributed by atoms with van der Waals surface area (Å²) in [5, 5.41) is 6.84. The molecule has 2 aliphatic heterocycles. The highest BCUT2D eigenvalue weighted by Crippen LogP contribution is 2.25. The number of halogens is 1. The Morgan fingerprint density at radius 1 is 1.23 bits per heavy atom. The number of hydrogen-bond donors (Lipinski definition) is 2. The molecule has 0 aromatic heterocycles. The van der Waals surface area contributed by atoms with E-state index in [4.69, 9.17) is 14.5 Å². The molecular formula is C23H39IN4O2. The van der Waals surface area contributed by atoms with Crippen LogP contribution in [-0.4, -0.2) is 70.0 Å². The van der Waals surface area contributed by atoms with Crippen LogP contribution in [0.3, 0.4) is 0 Å². The molecule has 1 aromatic carbocycles. The Bertz CT molecular complexity index is 590. The molecule has 0 amide bonds. The van der Waals surface area contributed by atoms with Crippen LogP contribution in [0.2, 0.25) is 0 Å². The number of nitrogens with one attached hydrogen (secondary N) is 2. The maximum atomic E-state index is 5.80. The summed E-state index contributed by atoms with van der Waals surface area (Å²) in [4.78, 5) is 7.48. The largest absolute Gasteiger partial charge is 0.381 e. The molecule has 2 N–H and O–H groups in total. The topological polar surface area (TPSA) is 58.1 Å². The Hall–Kier alpha value is -0.900. The Morgan fingerprint density at radius 2 is 2.03 bits per heavy atom. The molecule has 2 saturated heterocycles. The van der Waals surface area contributed by atoms with Crippen molar-refractivity contribution in [2.24, 2.45) is 10.9 Å². The zero-order chi connectivity index (χ0) is 20.2. The molecule has 2 unspecified atom stereocenters. The second-order valence-corrected chi connectivity index (χ2v) is 7.97. The van der Waals surface area contributed by atoms with Crippen LogP contribution < -0.4 is 10.6 Å². The lowest BCUT2D eigenvalue weighted by Crippen LogP contribution is -2.39. The van der Waals surface area contributed by atoms with E-state index >= 15 is 0 Å². The van der Waals surface area contributed by atoms with Crippen LogP contribution in [0.1, 0.15) is 44.2 Å². The minimum atomic E-state index is 0. The zero-order valence-corrected chi connectivity index (χ0v) is 20.7. The highest BCUT2D eigenvalue weighted by molar-refractivity contribution is 14.0. The van der Waals surface area contributed by atoms with Gasteiger partial charge in [-0.3, -0.25) is 9.89 Å². The van der Waals surface area contributed by atoms with Crippen molar-refractivity contribution < 1.29 is 9.47 Å². The molecular weight excluding hydrogens is 491 g/mol. The van der Waals surface area contributed by atoms with Crippen molar-refractivity contribution in [1.82, 2.24) is 15.5 Å². The summed E-state index contributed by atoms with van der Waals surface area (Å²) in [5.74, 6) is 1.49. The van der Waals surface area contributed by atoms with Gasteiger partial charge in [0, 0.05) is 32.2 Å². The fourth-order valence-electron chi connectivity index (χ4n) is 4.03. The van der Waals surface area contributed by atoms with Gasteiger partial charge in [-0.1, -0.05) is 30.3 Å². The number of guanidine groups is 1. The van der Waals surface area contributed by atoms with Gasteiger partial charge in [0.05, 0.1) is 25.8 Å². The summed E-state index contributed by atoms with van der Waals surface area (Å²) in [7, 11) is 0. The summed E-state index contributed by atoms with van der Waals surface area (Å²) < 4.78 is 11.2. The summed E-state index contributed by atoms with van der Waals surface area (Å²) >= 11 is 0. The number of rotatable bonds is 11. The standard InChI is InChI=1S/C23H38N4O2.HI/c1-2-24-23(25-12-8-15-28-18-20-11-16-29-19-20)26-17-22(27-13-6-7-14-27)21-9-4-3-5-10-21;/h3-5,9-10,20,22H,2,6-8,11-19H2,1H3,(H2,24,25,26);1H. The van der Waals surface area contributed by atoms with Crippen LogP contribution in [0.4, 0.5) is 0 Å². The molecule has 170 valence electrons. The average molecular weight is 530 g/mol. The molecule has 0 radical (unpaired) electrons. The van der Waals surface area contributed by atoms with Crippen molar-refractivity contribution in [3.8, 4) is 0 Å². The van der Waals surface area contributed by atoms with Gasteiger partial charge >= 0.3 is 0 Å². The molecule has 0 saturated carbocycles. The predicted octanol–water partition coefficient (Wildman–Crippen LogP) is 3.44. The smallest absolute Gasteiger partial charge is 0.191 e. The van der Waals surface area contributed by atoms with Gasteiger partial charge in [-0.05, 0) is 51.3 Å². The third-order valence-electron chi connectivity index (χ3n) is 5.67. The van der Waals surface area contributed by atoms with Gasteiger partial charge in [-0.2, -0.15) is 0 Å². The second kappa shape index (κ2) is 15.0. The summed E-state index contributed by atoms with van der Waals surface area (Å²) in [6.07, 6.45) is 4.69. The third kappa shape index (κ3) is 8.69. The molecule has 2 aliphatic rings. The van der Waals surface area contributed by atoms with E-state index in [2.05, 4.69) is 52.8 Å². The number of hydrogen-bond acceptors (Lipinski definition) is 4. The Labute approximate surface area is 199 Å². The number of nitrogens with zero attached hydrogens (tertiary/aromatic N) is 2. The van der Waals surface area contributed by atoms with Gasteiger partial charge < -0.3 is 20.1 Å². The van der Waals surface area contributed by atoms with Crippen molar-refractivity contribution in [3.63, 3.8) is 0 Å². The van der Waals surface area contributed by atoms with Crippen LogP contribution in [0.5, 0.6) is 0 Å². The molecule has 1 aromatic rings. The van der Waals surface area contributed by atoms with Crippen molar-refractivity contribution in [2.75, 3.05) is 59.2 Å². The minimum Gasteiger partial charge on any atom is -0.381 e. The maximum absolute atomic E-state index is 5.80. The van der Waals surface area contributed by atoms with Gasteiger partial charge in [-0.25, -0.2) is 0 Å². The first-order valence-electron chi connectivity index (χ1n) is 11.3. The highest BCUT2D eigenvalue weighted by atomic mass is 127. The lowest BCUT2D eigenvalue weighted by molar-refractivity contribution is 0.0888. The van der Waals surface area contributed by atoms with Gasteiger partial charge in [0.2, 0.25) is 0 Å². The Balaban J connectivity index is 0.00000320. The minimum absolute atomic E-state index is 0. The number of benzene rings is 1. The first-order valence-corrected chi connectivity index (χ1v) is 11.3. The van der Waals surface area contributed by atoms with Crippen molar-refractivity contribution >= 4 is 29.9 Å². The van der Waals surface area contributed by atoms with E-state index < -0.39 is 0 Å². The lowest BCUT2D eigenvalue weighted by Gasteiger charge is -2.27. The SMILES string of the molecule is CCNC(=NCC(c1ccccc1)N1CCCC1)NCCCOCC1CCOC1.I. The van der Waals surface area contributed by atoms with Crippen molar-refractivity contribution in [2.45, 2.75) is 38.6 Å². The third-order valence-corrected chi connectivity index (χ3v) is 5.67. The molecule has 0 aliphatic carbocycles. The van der Waals surface area contributed by atoms with E-state index in [9.17, 15) is 0 Å². The van der Waals surface area contributed by atoms with E-state index in [0.717, 1.165) is 64.9 Å². The molecule has 2 heterocycles. The fraction of sp³-hybridized carbons (Fsp3) is 0.696. The van der Waals surface area contributed by atoms with E-state index in [1.54, 1.807) is 0 Å². The molecule has 7 heteroatoms. The molecule has 2 atom stereocenters. The molecule has 30 heavy (non-hydrogen) atoms. The lowest BCUT2D eigenvalue weighted by atomic mass is 10.1. The summed E-state index contributed by atoms with van der Waals surface area (Å²) in [6, 6.07) is 11.1. The number of aliphatic imine (C=N–C) groups is 1. The highest BCUT2D eigenvalue weighted by Gasteiger charge is 2.23. The molecule has 6 nitrogen and oxygen atoms in total. The van der Waals surface area contributed by atoms with E-state index in [1.165, 1.54) is 31.5 Å². The van der Waals surface area contributed by atoms with Crippen LogP contribution in [0.25, 0.3) is 0 Å². The molecule has 0 bridgehead atoms. The summed E-state index contributed by atoms with van der Waals surface area (Å²) in [5.41, 5.74) is 1.36. The summed E-state index contributed by atoms with van der Waals surface area (Å²) in [6.45, 7) is 10.3. The second-order valence-electron chi connectivity index (χ2n) is 7.97. The van der Waals surface area contributed by atoms with Crippen molar-refractivity contribution in [3.05, 3.63) is 35.9 Å². The normalized spacial score (nSPS) is 20.7. The van der Waals surface area contributed by atoms with Gasteiger partial charge in [0.1, 0.15) is 0 Å². The molecule has 2 fully saturated rings. The van der Waals surface area contributed by atoms with Crippen LogP contribution >= 0.6 is 24.0 Å². The van der Waals surface area contributed by atoms with Crippen LogP contribution in [0.15, 0.2) is 35.3 Å².